The number of cyclic esters (lactones) is 1. The topological polar surface area (TPSA) is 71.5 Å². The highest BCUT2D eigenvalue weighted by atomic mass is 35.5. The Balaban J connectivity index is 1.94. The maximum absolute atomic E-state index is 12.5. The molecule has 0 bridgehead atoms. The molecule has 0 unspecified atom stereocenters. The van der Waals surface area contributed by atoms with Gasteiger partial charge in [-0.3, -0.25) is 9.69 Å². The number of benzene rings is 1. The van der Waals surface area contributed by atoms with Crippen molar-refractivity contribution in [2.24, 2.45) is 0 Å². The zero-order valence-corrected chi connectivity index (χ0v) is 15.4. The Morgan fingerprint density at radius 1 is 1.12 bits per heavy atom. The molecule has 6 nitrogen and oxygen atoms in total. The van der Waals surface area contributed by atoms with Crippen LogP contribution in [0.3, 0.4) is 0 Å². The Labute approximate surface area is 162 Å². The van der Waals surface area contributed by atoms with Gasteiger partial charge < -0.3 is 10.1 Å². The number of hydrogen-bond acceptors (Lipinski definition) is 4. The van der Waals surface area contributed by atoms with Gasteiger partial charge in [-0.1, -0.05) is 58.5 Å². The Bertz CT molecular complexity index is 875. The van der Waals surface area contributed by atoms with Crippen LogP contribution in [0.5, 0.6) is 0 Å². The smallest absolute Gasteiger partial charge is 0.414 e. The van der Waals surface area contributed by atoms with Crippen molar-refractivity contribution in [1.82, 2.24) is 4.98 Å². The number of anilines is 2. The fourth-order valence-electron chi connectivity index (χ4n) is 2.25. The second-order valence-corrected chi connectivity index (χ2v) is 6.42. The van der Waals surface area contributed by atoms with E-state index in [0.717, 1.165) is 0 Å². The van der Waals surface area contributed by atoms with Crippen molar-refractivity contribution in [2.45, 2.75) is 0 Å². The lowest BCUT2D eigenvalue weighted by Crippen LogP contribution is -2.25. The number of nitrogens with zero attached hydrogens (tertiary/aromatic N) is 2. The molecule has 130 valence electrons. The summed E-state index contributed by atoms with van der Waals surface area (Å²) in [4.78, 5) is 29.6. The molecule has 10 heteroatoms. The molecule has 2 heterocycles. The van der Waals surface area contributed by atoms with Crippen LogP contribution < -0.4 is 10.2 Å². The minimum absolute atomic E-state index is 0.0369. The molecule has 1 aromatic heterocycles. The maximum atomic E-state index is 12.5. The fraction of sp³-hybridized carbons (Fsp3) is 0.133. The van der Waals surface area contributed by atoms with Crippen LogP contribution in [-0.2, 0) is 4.74 Å². The van der Waals surface area contributed by atoms with Gasteiger partial charge >= 0.3 is 6.09 Å². The third-order valence-electron chi connectivity index (χ3n) is 3.40. The van der Waals surface area contributed by atoms with Crippen molar-refractivity contribution in [1.29, 1.82) is 0 Å². The molecule has 1 saturated heterocycles. The van der Waals surface area contributed by atoms with Gasteiger partial charge in [-0.25, -0.2) is 9.78 Å². The number of nitrogens with one attached hydrogen (secondary N) is 1. The summed E-state index contributed by atoms with van der Waals surface area (Å²) in [6, 6.07) is 6.75. The molecule has 1 aliphatic rings. The summed E-state index contributed by atoms with van der Waals surface area (Å²) >= 11 is 23.7. The number of rotatable bonds is 3. The average molecular weight is 421 g/mol. The predicted molar refractivity (Wildman–Crippen MR) is 97.4 cm³/mol. The van der Waals surface area contributed by atoms with Crippen molar-refractivity contribution >= 4 is 69.8 Å². The quantitative estimate of drug-likeness (QED) is 0.716. The number of carbonyl (C=O) groups is 2. The summed E-state index contributed by atoms with van der Waals surface area (Å²) in [6.07, 6.45) is -0.490. The molecule has 1 aromatic carbocycles. The minimum Gasteiger partial charge on any atom is -0.447 e. The summed E-state index contributed by atoms with van der Waals surface area (Å²) in [7, 11) is 0. The van der Waals surface area contributed by atoms with Crippen LogP contribution in [0.25, 0.3) is 0 Å². The van der Waals surface area contributed by atoms with E-state index in [2.05, 4.69) is 10.3 Å². The predicted octanol–water partition coefficient (Wildman–Crippen LogP) is 4.90. The number of carbonyl (C=O) groups excluding carboxylic acids is 2. The van der Waals surface area contributed by atoms with E-state index < -0.39 is 12.0 Å². The van der Waals surface area contributed by atoms with Gasteiger partial charge in [0.25, 0.3) is 5.91 Å². The molecule has 2 amide bonds. The molecule has 0 saturated carbocycles. The maximum Gasteiger partial charge on any atom is 0.414 e. The first-order chi connectivity index (χ1) is 11.9. The first kappa shape index (κ1) is 18.1. The van der Waals surface area contributed by atoms with Gasteiger partial charge in [-0.05, 0) is 12.1 Å². The first-order valence-corrected chi connectivity index (χ1v) is 8.46. The number of hydrogen-bond donors (Lipinski definition) is 1. The second kappa shape index (κ2) is 7.25. The average Bonchev–Trinajstić information content (AvgIpc) is 3.02. The number of para-hydroxylation sites is 2. The molecule has 1 aliphatic heterocycles. The molecular weight excluding hydrogens is 412 g/mol. The van der Waals surface area contributed by atoms with Crippen molar-refractivity contribution < 1.29 is 14.3 Å². The van der Waals surface area contributed by atoms with Gasteiger partial charge in [0.05, 0.1) is 33.0 Å². The summed E-state index contributed by atoms with van der Waals surface area (Å²) in [5.74, 6) is -0.648. The Kier molecular flexibility index (Phi) is 5.24. The lowest BCUT2D eigenvalue weighted by molar-refractivity contribution is 0.102. The third-order valence-corrected chi connectivity index (χ3v) is 5.08. The number of amides is 2. The van der Waals surface area contributed by atoms with Gasteiger partial charge in [0.15, 0.2) is 0 Å². The lowest BCUT2D eigenvalue weighted by Gasteiger charge is -2.18. The van der Waals surface area contributed by atoms with E-state index in [1.54, 1.807) is 24.3 Å². The highest BCUT2D eigenvalue weighted by Crippen LogP contribution is 2.36. The van der Waals surface area contributed by atoms with Crippen LogP contribution in [0.4, 0.5) is 16.2 Å². The molecular formula is C15H9Cl4N3O3. The number of aromatic nitrogens is 1. The van der Waals surface area contributed by atoms with E-state index in [4.69, 9.17) is 51.1 Å². The van der Waals surface area contributed by atoms with E-state index >= 15 is 0 Å². The zero-order valence-electron chi connectivity index (χ0n) is 12.4. The summed E-state index contributed by atoms with van der Waals surface area (Å²) in [5, 5.41) is 2.28. The minimum atomic E-state index is -0.648. The Morgan fingerprint density at radius 2 is 1.84 bits per heavy atom. The highest BCUT2D eigenvalue weighted by molar-refractivity contribution is 6.52. The van der Waals surface area contributed by atoms with Crippen molar-refractivity contribution in [3.05, 3.63) is 50.2 Å². The first-order valence-electron chi connectivity index (χ1n) is 6.94. The van der Waals surface area contributed by atoms with Crippen LogP contribution in [0.1, 0.15) is 10.5 Å². The van der Waals surface area contributed by atoms with Crippen LogP contribution in [0.2, 0.25) is 20.2 Å². The van der Waals surface area contributed by atoms with Crippen LogP contribution >= 0.6 is 46.4 Å². The van der Waals surface area contributed by atoms with Crippen molar-refractivity contribution in [3.8, 4) is 0 Å². The van der Waals surface area contributed by atoms with E-state index in [1.165, 1.54) is 4.90 Å². The van der Waals surface area contributed by atoms with Gasteiger partial charge in [-0.2, -0.15) is 0 Å². The van der Waals surface area contributed by atoms with Crippen LogP contribution in [0, 0.1) is 0 Å². The van der Waals surface area contributed by atoms with Gasteiger partial charge in [-0.15, -0.1) is 0 Å². The van der Waals surface area contributed by atoms with Gasteiger partial charge in [0.1, 0.15) is 17.5 Å². The molecule has 25 heavy (non-hydrogen) atoms. The summed E-state index contributed by atoms with van der Waals surface area (Å²) in [5.41, 5.74) is 0.687. The normalized spacial score (nSPS) is 13.8. The number of pyridine rings is 1. The SMILES string of the molecule is O=C(Nc1ccccc1N1CCOC1=O)c1nc(Cl)c(Cl)c(Cl)c1Cl. The highest BCUT2D eigenvalue weighted by Gasteiger charge is 2.27. The molecule has 0 spiro atoms. The van der Waals surface area contributed by atoms with Gasteiger partial charge in [0.2, 0.25) is 0 Å². The number of halogens is 4. The summed E-state index contributed by atoms with van der Waals surface area (Å²) < 4.78 is 4.92. The molecule has 1 fully saturated rings. The van der Waals surface area contributed by atoms with Crippen LogP contribution in [-0.4, -0.2) is 30.1 Å². The summed E-state index contributed by atoms with van der Waals surface area (Å²) in [6.45, 7) is 0.653. The number of ether oxygens (including phenoxy) is 1. The van der Waals surface area contributed by atoms with Crippen LogP contribution in [0.15, 0.2) is 24.3 Å². The molecule has 0 radical (unpaired) electrons. The van der Waals surface area contributed by atoms with Gasteiger partial charge in [0, 0.05) is 0 Å². The Hall–Kier alpha value is -1.73. The van der Waals surface area contributed by atoms with E-state index in [1.807, 2.05) is 0 Å². The molecule has 2 aromatic rings. The molecule has 1 N–H and O–H groups in total. The van der Waals surface area contributed by atoms with E-state index in [0.29, 0.717) is 17.9 Å². The lowest BCUT2D eigenvalue weighted by atomic mass is 10.2. The molecule has 0 atom stereocenters. The molecule has 3 rings (SSSR count). The molecule has 0 aliphatic carbocycles. The van der Waals surface area contributed by atoms with Crippen molar-refractivity contribution in [2.75, 3.05) is 23.4 Å². The Morgan fingerprint density at radius 3 is 2.52 bits per heavy atom. The standard InChI is InChI=1S/C15H9Cl4N3O3/c16-9-10(17)12(21-13(19)11(9)18)14(23)20-7-3-1-2-4-8(7)22-5-6-25-15(22)24/h1-4H,5-6H2,(H,20,23). The van der Waals surface area contributed by atoms with Crippen molar-refractivity contribution in [3.63, 3.8) is 0 Å². The zero-order chi connectivity index (χ0) is 18.1. The largest absolute Gasteiger partial charge is 0.447 e. The second-order valence-electron chi connectivity index (χ2n) is 4.93. The van der Waals surface area contributed by atoms with E-state index in [-0.39, 0.29) is 32.5 Å². The third kappa shape index (κ3) is 3.48. The van der Waals surface area contributed by atoms with E-state index in [9.17, 15) is 9.59 Å². The monoisotopic (exact) mass is 419 g/mol. The fourth-order valence-corrected chi connectivity index (χ4v) is 3.06.